The first-order valence-electron chi connectivity index (χ1n) is 3.11. The van der Waals surface area contributed by atoms with E-state index in [1.807, 2.05) is 0 Å². The van der Waals surface area contributed by atoms with Crippen LogP contribution in [-0.4, -0.2) is 18.9 Å². The van der Waals surface area contributed by atoms with E-state index in [4.69, 9.17) is 12.8 Å². The Bertz CT molecular complexity index is 274. The third-order valence-electron chi connectivity index (χ3n) is 1.46. The van der Waals surface area contributed by atoms with Crippen molar-refractivity contribution in [1.82, 2.24) is 0 Å². The first-order valence-corrected chi connectivity index (χ1v) is 4.72. The zero-order chi connectivity index (χ0) is 9.07. The minimum Gasteiger partial charge on any atom is -0.226 e. The highest BCUT2D eigenvalue weighted by molar-refractivity contribution is 7.93. The first kappa shape index (κ1) is 10.1. The van der Waals surface area contributed by atoms with Gasteiger partial charge in [-0.05, 0) is 13.8 Å². The van der Waals surface area contributed by atoms with Gasteiger partial charge < -0.3 is 0 Å². The van der Waals surface area contributed by atoms with Gasteiger partial charge in [-0.3, -0.25) is 0 Å². The van der Waals surface area contributed by atoms with Gasteiger partial charge in [0.25, 0.3) is 0 Å². The van der Waals surface area contributed by atoms with Crippen molar-refractivity contribution in [2.45, 2.75) is 24.3 Å². The zero-order valence-corrected chi connectivity index (χ0v) is 7.35. The molecule has 11 heavy (non-hydrogen) atoms. The lowest BCUT2D eigenvalue weighted by atomic mass is 10.5. The summed E-state index contributed by atoms with van der Waals surface area (Å²) >= 11 is 0. The molecule has 0 rings (SSSR count). The molecule has 0 saturated carbocycles. The molecule has 0 aliphatic rings. The summed E-state index contributed by atoms with van der Waals surface area (Å²) < 4.78 is 22.4. The summed E-state index contributed by atoms with van der Waals surface area (Å²) in [5.74, 6) is 4.27. The molecule has 0 heterocycles. The molecule has 0 aromatic rings. The molecule has 0 aliphatic heterocycles. The van der Waals surface area contributed by atoms with Crippen LogP contribution in [0.1, 0.15) is 13.8 Å². The van der Waals surface area contributed by atoms with Gasteiger partial charge in [0.15, 0.2) is 9.84 Å². The molecule has 0 N–H and O–H groups in total. The average molecular weight is 170 g/mol. The molecule has 0 aliphatic carbocycles. The quantitative estimate of drug-likeness (QED) is 0.564. The molecule has 0 spiro atoms. The summed E-state index contributed by atoms with van der Waals surface area (Å²) in [4.78, 5) is 0. The van der Waals surface area contributed by atoms with Crippen LogP contribution in [0.5, 0.6) is 0 Å². The van der Waals surface area contributed by atoms with Crippen LogP contribution < -0.4 is 0 Å². The second-order valence-electron chi connectivity index (χ2n) is 2.21. The monoisotopic (exact) mass is 170 g/mol. The van der Waals surface area contributed by atoms with Gasteiger partial charge in [0, 0.05) is 0 Å². The van der Waals surface area contributed by atoms with Gasteiger partial charge in [0.1, 0.15) is 10.5 Å². The molecule has 3 heteroatoms. The topological polar surface area (TPSA) is 34.1 Å². The molecule has 0 saturated heterocycles. The van der Waals surface area contributed by atoms with Gasteiger partial charge in [-0.15, -0.1) is 12.8 Å². The van der Waals surface area contributed by atoms with Crippen LogP contribution in [0, 0.1) is 24.7 Å². The van der Waals surface area contributed by atoms with Gasteiger partial charge >= 0.3 is 0 Å². The summed E-state index contributed by atoms with van der Waals surface area (Å²) in [6.45, 7) is 2.90. The molecular formula is C8H10O2S. The highest BCUT2D eigenvalue weighted by Crippen LogP contribution is 2.07. The van der Waals surface area contributed by atoms with Crippen LogP contribution >= 0.6 is 0 Å². The highest BCUT2D eigenvalue weighted by atomic mass is 32.2. The minimum atomic E-state index is -3.31. The third kappa shape index (κ3) is 2.00. The van der Waals surface area contributed by atoms with Crippen molar-refractivity contribution in [2.75, 3.05) is 0 Å². The van der Waals surface area contributed by atoms with Crippen LogP contribution in [-0.2, 0) is 9.84 Å². The first-order chi connectivity index (χ1) is 4.96. The average Bonchev–Trinajstić information content (AvgIpc) is 2.01. The normalized spacial score (nSPS) is 16.0. The van der Waals surface area contributed by atoms with E-state index in [1.54, 1.807) is 0 Å². The summed E-state index contributed by atoms with van der Waals surface area (Å²) in [7, 11) is -3.31. The van der Waals surface area contributed by atoms with E-state index in [-0.39, 0.29) is 0 Å². The van der Waals surface area contributed by atoms with Crippen molar-refractivity contribution < 1.29 is 8.42 Å². The van der Waals surface area contributed by atoms with Crippen LogP contribution in [0.25, 0.3) is 0 Å². The number of terminal acetylenes is 2. The molecule has 2 nitrogen and oxygen atoms in total. The van der Waals surface area contributed by atoms with Gasteiger partial charge in [-0.2, -0.15) is 0 Å². The lowest BCUT2D eigenvalue weighted by Gasteiger charge is -2.08. The summed E-state index contributed by atoms with van der Waals surface area (Å²) in [6, 6.07) is 0. The molecule has 0 fully saturated rings. The Hall–Kier alpha value is -0.930. The fourth-order valence-electron chi connectivity index (χ4n) is 0.496. The van der Waals surface area contributed by atoms with Crippen LogP contribution in [0.15, 0.2) is 0 Å². The molecule has 0 aromatic carbocycles. The predicted molar refractivity (Wildman–Crippen MR) is 45.5 cm³/mol. The standard InChI is InChI=1S/C8H10O2S/c1-5-7(3)11(9,10)8(4)6-2/h1-2,7-8H,3-4H3. The largest absolute Gasteiger partial charge is 0.226 e. The van der Waals surface area contributed by atoms with Crippen molar-refractivity contribution in [2.24, 2.45) is 0 Å². The van der Waals surface area contributed by atoms with E-state index in [0.29, 0.717) is 0 Å². The van der Waals surface area contributed by atoms with Crippen LogP contribution in [0.4, 0.5) is 0 Å². The third-order valence-corrected chi connectivity index (χ3v) is 3.70. The zero-order valence-electron chi connectivity index (χ0n) is 6.53. The predicted octanol–water partition coefficient (Wildman–Crippen LogP) is 0.445. The Morgan fingerprint density at radius 3 is 1.55 bits per heavy atom. The Morgan fingerprint density at radius 2 is 1.36 bits per heavy atom. The molecule has 0 bridgehead atoms. The van der Waals surface area contributed by atoms with E-state index >= 15 is 0 Å². The molecule has 0 amide bonds. The second-order valence-corrected chi connectivity index (χ2v) is 4.80. The Balaban J connectivity index is 4.83. The van der Waals surface area contributed by atoms with Gasteiger partial charge in [0.2, 0.25) is 0 Å². The van der Waals surface area contributed by atoms with Crippen molar-refractivity contribution in [3.05, 3.63) is 0 Å². The lowest BCUT2D eigenvalue weighted by Crippen LogP contribution is -2.25. The summed E-state index contributed by atoms with van der Waals surface area (Å²) in [6.07, 6.45) is 9.91. The molecule has 2 unspecified atom stereocenters. The number of rotatable bonds is 2. The maximum atomic E-state index is 11.2. The fourth-order valence-corrected chi connectivity index (χ4v) is 1.49. The van der Waals surface area contributed by atoms with E-state index < -0.39 is 20.3 Å². The SMILES string of the molecule is C#CC(C)S(=O)(=O)C(C)C#C. The van der Waals surface area contributed by atoms with E-state index in [0.717, 1.165) is 0 Å². The second kappa shape index (κ2) is 3.46. The van der Waals surface area contributed by atoms with Crippen molar-refractivity contribution in [3.8, 4) is 24.7 Å². The molecule has 0 aromatic heterocycles. The number of hydrogen-bond donors (Lipinski definition) is 0. The molecule has 0 radical (unpaired) electrons. The molecule has 2 atom stereocenters. The Kier molecular flexibility index (Phi) is 3.17. The maximum absolute atomic E-state index is 11.2. The van der Waals surface area contributed by atoms with Crippen molar-refractivity contribution in [3.63, 3.8) is 0 Å². The van der Waals surface area contributed by atoms with Gasteiger partial charge in [-0.25, -0.2) is 8.42 Å². The van der Waals surface area contributed by atoms with Crippen LogP contribution in [0.3, 0.4) is 0 Å². The van der Waals surface area contributed by atoms with Crippen molar-refractivity contribution >= 4 is 9.84 Å². The smallest absolute Gasteiger partial charge is 0.177 e. The summed E-state index contributed by atoms with van der Waals surface area (Å²) in [5.41, 5.74) is 0. The lowest BCUT2D eigenvalue weighted by molar-refractivity contribution is 0.588. The Labute approximate surface area is 67.9 Å². The fraction of sp³-hybridized carbons (Fsp3) is 0.500. The summed E-state index contributed by atoms with van der Waals surface area (Å²) in [5, 5.41) is -1.60. The van der Waals surface area contributed by atoms with Gasteiger partial charge in [-0.1, -0.05) is 11.8 Å². The highest BCUT2D eigenvalue weighted by Gasteiger charge is 2.24. The van der Waals surface area contributed by atoms with Gasteiger partial charge in [0.05, 0.1) is 0 Å². The number of sulfone groups is 1. The Morgan fingerprint density at radius 1 is 1.09 bits per heavy atom. The maximum Gasteiger partial charge on any atom is 0.177 e. The number of hydrogen-bond acceptors (Lipinski definition) is 2. The molecular weight excluding hydrogens is 160 g/mol. The minimum absolute atomic E-state index is 0.798. The van der Waals surface area contributed by atoms with Crippen LogP contribution in [0.2, 0.25) is 0 Å². The molecule has 60 valence electrons. The van der Waals surface area contributed by atoms with E-state index in [9.17, 15) is 8.42 Å². The van der Waals surface area contributed by atoms with Crippen molar-refractivity contribution in [1.29, 1.82) is 0 Å². The van der Waals surface area contributed by atoms with E-state index in [1.165, 1.54) is 13.8 Å². The van der Waals surface area contributed by atoms with E-state index in [2.05, 4.69) is 11.8 Å².